The van der Waals surface area contributed by atoms with Gasteiger partial charge in [0.05, 0.1) is 23.9 Å². The van der Waals surface area contributed by atoms with Crippen molar-refractivity contribution < 1.29 is 42.9 Å². The molecule has 0 fully saturated rings. The fraction of sp³-hybridized carbons (Fsp3) is 0.500. The first-order valence-electron chi connectivity index (χ1n) is 15.4. The van der Waals surface area contributed by atoms with Crippen molar-refractivity contribution in [2.24, 2.45) is 23.3 Å². The predicted molar refractivity (Wildman–Crippen MR) is 175 cm³/mol. The normalized spacial score (nSPS) is 29.3. The fourth-order valence-corrected chi connectivity index (χ4v) is 5.45. The van der Waals surface area contributed by atoms with E-state index in [9.17, 15) is 24.0 Å². The van der Waals surface area contributed by atoms with E-state index in [1.54, 1.807) is 25.2 Å². The molecule has 6 N–H and O–H groups in total. The average Bonchev–Trinajstić information content (AvgIpc) is 3.01. The van der Waals surface area contributed by atoms with Crippen LogP contribution in [0.5, 0.6) is 0 Å². The van der Waals surface area contributed by atoms with E-state index in [0.717, 1.165) is 6.08 Å². The molecule has 0 unspecified atom stereocenters. The number of carbonyl (C=O) groups is 5. The number of hydrogen-bond donors (Lipinski definition) is 4. The van der Waals surface area contributed by atoms with Crippen molar-refractivity contribution in [2.75, 3.05) is 27.3 Å². The van der Waals surface area contributed by atoms with Gasteiger partial charge in [-0.2, -0.15) is 0 Å². The zero-order valence-electron chi connectivity index (χ0n) is 28.0. The number of Topliss-reactive ketones (excluding diaryl/α,β-unsaturated/α-hetero) is 1. The van der Waals surface area contributed by atoms with Crippen molar-refractivity contribution in [1.82, 2.24) is 10.6 Å². The molecule has 2 aliphatic rings. The third kappa shape index (κ3) is 11.2. The molecule has 2 bridgehead atoms. The smallest absolute Gasteiger partial charge is 0.405 e. The molecule has 2 amide bonds. The molecule has 13 nitrogen and oxygen atoms in total. The number of rotatable bonds is 9. The second-order valence-corrected chi connectivity index (χ2v) is 11.6. The van der Waals surface area contributed by atoms with Gasteiger partial charge < -0.3 is 41.0 Å². The number of hydrogen-bond acceptors (Lipinski definition) is 11. The van der Waals surface area contributed by atoms with Crippen molar-refractivity contribution in [3.63, 3.8) is 0 Å². The summed E-state index contributed by atoms with van der Waals surface area (Å²) in [4.78, 5) is 64.6. The van der Waals surface area contributed by atoms with Crippen molar-refractivity contribution in [1.29, 1.82) is 0 Å². The topological polar surface area (TPSA) is 198 Å². The van der Waals surface area contributed by atoms with Crippen LogP contribution in [0, 0.1) is 11.8 Å². The minimum atomic E-state index is -1.03. The number of carbonyl (C=O) groups excluding carboxylic acids is 5. The van der Waals surface area contributed by atoms with Gasteiger partial charge in [0.2, 0.25) is 11.6 Å². The van der Waals surface area contributed by atoms with Crippen LogP contribution in [0.1, 0.15) is 47.0 Å². The summed E-state index contributed by atoms with van der Waals surface area (Å²) in [6.45, 7) is 11.0. The third-order valence-corrected chi connectivity index (χ3v) is 7.80. The van der Waals surface area contributed by atoms with Crippen LogP contribution in [0.15, 0.2) is 71.1 Å². The standard InChI is InChI=1S/C34H48N4O9/c1-8-14-37-29-23-15-19(2)16-27(45-7)32(46-28(40)12-13-35)22(5)17-21(4)31(47-34(36)43)26(44-6)11-9-10-20(3)33(42)38-24(30(23)41)18-25(29)39/h8-11,17-19,22,26-27,31-32,37H,1,12-16,35H2,2-7H3,(H2,36,43)(H,38,42)/b11-9-,20-10+,21-17+/t19-,22+,26+,27+,31+,32-/m1/s1. The Labute approximate surface area is 276 Å². The third-order valence-electron chi connectivity index (χ3n) is 7.80. The molecule has 0 aromatic carbocycles. The largest absolute Gasteiger partial charge is 0.459 e. The minimum Gasteiger partial charge on any atom is -0.459 e. The molecule has 1 heterocycles. The predicted octanol–water partition coefficient (Wildman–Crippen LogP) is 2.44. The lowest BCUT2D eigenvalue weighted by Gasteiger charge is -2.32. The first kappa shape index (κ1) is 38.9. The van der Waals surface area contributed by atoms with Crippen molar-refractivity contribution in [2.45, 2.75) is 71.4 Å². The van der Waals surface area contributed by atoms with Gasteiger partial charge in [-0.25, -0.2) is 4.79 Å². The summed E-state index contributed by atoms with van der Waals surface area (Å²) in [5.74, 6) is -2.84. The van der Waals surface area contributed by atoms with Gasteiger partial charge >= 0.3 is 12.1 Å². The number of allylic oxidation sites excluding steroid dienone is 4. The number of nitrogens with one attached hydrogen (secondary N) is 2. The number of ketones is 2. The maximum absolute atomic E-state index is 13.7. The van der Waals surface area contributed by atoms with E-state index in [-0.39, 0.29) is 54.4 Å². The van der Waals surface area contributed by atoms with Crippen molar-refractivity contribution >= 4 is 29.5 Å². The maximum atomic E-state index is 13.7. The van der Waals surface area contributed by atoms with E-state index < -0.39 is 59.9 Å². The molecule has 0 radical (unpaired) electrons. The van der Waals surface area contributed by atoms with Gasteiger partial charge in [-0.3, -0.25) is 19.2 Å². The first-order valence-corrected chi connectivity index (χ1v) is 15.4. The molecule has 258 valence electrons. The summed E-state index contributed by atoms with van der Waals surface area (Å²) < 4.78 is 22.8. The summed E-state index contributed by atoms with van der Waals surface area (Å²) in [5.41, 5.74) is 12.0. The molecular weight excluding hydrogens is 608 g/mol. The summed E-state index contributed by atoms with van der Waals surface area (Å²) in [6, 6.07) is 0. The zero-order chi connectivity index (χ0) is 35.3. The molecule has 0 spiro atoms. The Morgan fingerprint density at radius 1 is 1.13 bits per heavy atom. The van der Waals surface area contributed by atoms with E-state index in [0.29, 0.717) is 12.0 Å². The highest BCUT2D eigenvalue weighted by Crippen LogP contribution is 2.30. The molecule has 0 saturated carbocycles. The number of methoxy groups -OCH3 is 2. The Balaban J connectivity index is 2.74. The van der Waals surface area contributed by atoms with Crippen LogP contribution in [-0.4, -0.2) is 81.3 Å². The lowest BCUT2D eigenvalue weighted by atomic mass is 9.85. The summed E-state index contributed by atoms with van der Waals surface area (Å²) in [7, 11) is 2.91. The van der Waals surface area contributed by atoms with Gasteiger partial charge in [0.25, 0.3) is 5.91 Å². The van der Waals surface area contributed by atoms with Gasteiger partial charge in [0.15, 0.2) is 6.10 Å². The second-order valence-electron chi connectivity index (χ2n) is 11.6. The SMILES string of the molecule is C=CCNC1=C2C[C@@H](C)C[C@H](OC)[C@H](OC(=O)CCN)[C@@H](C)/C=C(\C)[C@H](OC(N)=O)[C@@H](OC)/C=C\C=C(/C)C(=O)NC(=CC1=O)C2=O. The molecule has 13 heteroatoms. The van der Waals surface area contributed by atoms with E-state index >= 15 is 0 Å². The lowest BCUT2D eigenvalue weighted by molar-refractivity contribution is -0.160. The summed E-state index contributed by atoms with van der Waals surface area (Å²) in [6.07, 6.45) is 5.17. The fourth-order valence-electron chi connectivity index (χ4n) is 5.45. The van der Waals surface area contributed by atoms with Crippen LogP contribution in [-0.2, 0) is 38.1 Å². The molecule has 0 saturated heterocycles. The van der Waals surface area contributed by atoms with E-state index in [2.05, 4.69) is 17.2 Å². The quantitative estimate of drug-likeness (QED) is 0.162. The summed E-state index contributed by atoms with van der Waals surface area (Å²) in [5, 5.41) is 5.54. The van der Waals surface area contributed by atoms with Crippen LogP contribution < -0.4 is 22.1 Å². The zero-order valence-corrected chi connectivity index (χ0v) is 28.0. The Bertz CT molecular complexity index is 1360. The molecule has 2 rings (SSSR count). The molecule has 47 heavy (non-hydrogen) atoms. The highest BCUT2D eigenvalue weighted by atomic mass is 16.6. The van der Waals surface area contributed by atoms with Crippen LogP contribution in [0.25, 0.3) is 0 Å². The number of ether oxygens (including phenoxy) is 4. The highest BCUT2D eigenvalue weighted by Gasteiger charge is 2.35. The van der Waals surface area contributed by atoms with Crippen LogP contribution in [0.4, 0.5) is 4.79 Å². The number of nitrogens with two attached hydrogens (primary N) is 2. The lowest BCUT2D eigenvalue weighted by Crippen LogP contribution is -2.40. The molecular formula is C34H48N4O9. The monoisotopic (exact) mass is 656 g/mol. The van der Waals surface area contributed by atoms with Crippen LogP contribution in [0.3, 0.4) is 0 Å². The molecule has 1 aliphatic carbocycles. The molecule has 1 aliphatic heterocycles. The van der Waals surface area contributed by atoms with Gasteiger partial charge in [0, 0.05) is 50.4 Å². The van der Waals surface area contributed by atoms with Crippen molar-refractivity contribution in [3.05, 3.63) is 71.1 Å². The number of fused-ring (bicyclic) bond motifs is 2. The van der Waals surface area contributed by atoms with E-state index in [1.165, 1.54) is 33.3 Å². The molecule has 6 atom stereocenters. The van der Waals surface area contributed by atoms with Gasteiger partial charge in [-0.15, -0.1) is 6.58 Å². The number of amides is 2. The number of esters is 1. The van der Waals surface area contributed by atoms with E-state index in [1.807, 2.05) is 13.8 Å². The van der Waals surface area contributed by atoms with Gasteiger partial charge in [-0.05, 0) is 38.2 Å². The Morgan fingerprint density at radius 2 is 1.83 bits per heavy atom. The Hall–Kier alpha value is -4.33. The number of primary amides is 1. The van der Waals surface area contributed by atoms with E-state index in [4.69, 9.17) is 30.4 Å². The van der Waals surface area contributed by atoms with Crippen molar-refractivity contribution in [3.8, 4) is 0 Å². The van der Waals surface area contributed by atoms with Crippen LogP contribution >= 0.6 is 0 Å². The molecule has 0 aromatic rings. The van der Waals surface area contributed by atoms with Gasteiger partial charge in [0.1, 0.15) is 12.2 Å². The van der Waals surface area contributed by atoms with Crippen LogP contribution in [0.2, 0.25) is 0 Å². The highest BCUT2D eigenvalue weighted by molar-refractivity contribution is 6.23. The average molecular weight is 657 g/mol. The Morgan fingerprint density at radius 3 is 2.43 bits per heavy atom. The van der Waals surface area contributed by atoms with Gasteiger partial charge in [-0.1, -0.05) is 44.2 Å². The maximum Gasteiger partial charge on any atom is 0.405 e. The first-order chi connectivity index (χ1) is 22.3. The summed E-state index contributed by atoms with van der Waals surface area (Å²) >= 11 is 0. The molecule has 0 aromatic heterocycles. The minimum absolute atomic E-state index is 0.0164. The Kier molecular flexibility index (Phi) is 15.5. The second kappa shape index (κ2) is 18.7.